The summed E-state index contributed by atoms with van der Waals surface area (Å²) in [7, 11) is 1.74. The SMILES string of the molecule is CCC1O[C@@H](OC2[C@H](O[C@H]3CCC4(C)C5CC=C6C7CC(C)(C)CC[C@]7(C(=O)O[C@@H]7OC(COCc8ccccc8)[C@H](N=[N+]=[N-])C(C)C7O[C@@H]7OC(C)[C@H](O[C@@H]8OC[C@@H](OCc9ccccc9)C(O[C@@H]9OCC%10(CC)O[C@@H](c%11ccccc%11)O[C@H]9%10)C8C)C8OC(C)(C)OC87)C(OC)C[C@@]6(C)[C@@]5(C)CC[C@H]4[C@@]3(C)C=O)OC(C(C)=O)[C@@H](C)[C@@H]2O[C@@H]2OC[C@@H](C)[C@H](C)C2C)C(C)[C@@H](C)[C@H]1C. The number of hydrogen-bond acceptors (Lipinski definition) is 25. The molecule has 9 aliphatic heterocycles. The number of nitrogens with zero attached hydrogens (tertiary/aromatic N) is 3. The molecule has 42 atom stereocenters. The van der Waals surface area contributed by atoms with Crippen LogP contribution in [0.25, 0.3) is 10.4 Å². The number of ketones is 1. The maximum absolute atomic E-state index is 17.1. The Balaban J connectivity index is 0.646. The first-order chi connectivity index (χ1) is 63.4. The van der Waals surface area contributed by atoms with E-state index in [9.17, 15) is 15.1 Å². The van der Waals surface area contributed by atoms with Crippen LogP contribution in [-0.2, 0) is 127 Å². The first kappa shape index (κ1) is 99.3. The van der Waals surface area contributed by atoms with E-state index < -0.39 is 193 Å². The molecule has 0 aromatic heterocycles. The number of esters is 1. The van der Waals surface area contributed by atoms with Crippen LogP contribution in [-0.4, -0.2) is 205 Å². The normalized spacial score (nSPS) is 47.5. The molecule has 13 fully saturated rings. The van der Waals surface area contributed by atoms with E-state index in [0.29, 0.717) is 75.9 Å². The fourth-order valence-electron chi connectivity index (χ4n) is 27.3. The Morgan fingerprint density at radius 2 is 1.21 bits per heavy atom. The minimum Gasteiger partial charge on any atom is -0.432 e. The molecule has 9 heterocycles. The summed E-state index contributed by atoms with van der Waals surface area (Å²) in [6.45, 7) is 46.2. The van der Waals surface area contributed by atoms with Crippen molar-refractivity contribution in [2.75, 3.05) is 33.5 Å². The van der Waals surface area contributed by atoms with Gasteiger partial charge in [0.2, 0.25) is 6.29 Å². The second kappa shape index (κ2) is 39.3. The van der Waals surface area contributed by atoms with Gasteiger partial charge < -0.3 is 104 Å². The van der Waals surface area contributed by atoms with Crippen molar-refractivity contribution in [3.63, 3.8) is 0 Å². The highest BCUT2D eigenvalue weighted by molar-refractivity contribution is 5.81. The van der Waals surface area contributed by atoms with Gasteiger partial charge in [-0.1, -0.05) is 225 Å². The molecular formula is C106H153N3O24. The van der Waals surface area contributed by atoms with Crippen molar-refractivity contribution in [1.29, 1.82) is 0 Å². The number of Topliss-reactive ketones (excluding diaryl/α,β-unsaturated/α-hetero) is 1. The Hall–Kier alpha value is -5.28. The van der Waals surface area contributed by atoms with E-state index in [2.05, 4.69) is 113 Å². The Morgan fingerprint density at radius 3 is 1.89 bits per heavy atom. The van der Waals surface area contributed by atoms with Crippen LogP contribution in [0.15, 0.2) is 108 Å². The number of carbonyl (C=O) groups excluding carboxylic acids is 3. The highest BCUT2D eigenvalue weighted by Crippen LogP contribution is 2.77. The molecule has 17 rings (SSSR count). The zero-order valence-electron chi connectivity index (χ0n) is 82.8. The minimum atomic E-state index is -1.43. The number of methoxy groups -OCH3 is 1. The summed E-state index contributed by atoms with van der Waals surface area (Å²) in [5, 5.41) is 4.45. The predicted molar refractivity (Wildman–Crippen MR) is 490 cm³/mol. The van der Waals surface area contributed by atoms with Gasteiger partial charge in [-0.15, -0.1) is 0 Å². The van der Waals surface area contributed by atoms with Gasteiger partial charge in [-0.2, -0.15) is 0 Å². The molecule has 0 radical (unpaired) electrons. The number of ether oxygens (including phenoxy) is 21. The van der Waals surface area contributed by atoms with Gasteiger partial charge >= 0.3 is 5.97 Å². The van der Waals surface area contributed by atoms with Crippen LogP contribution in [0.5, 0.6) is 0 Å². The van der Waals surface area contributed by atoms with E-state index in [0.717, 1.165) is 48.7 Å². The fraction of sp³-hybridized carbons (Fsp3) is 0.783. The summed E-state index contributed by atoms with van der Waals surface area (Å²) in [5.41, 5.74) is 10.1. The maximum Gasteiger partial charge on any atom is 0.317 e. The van der Waals surface area contributed by atoms with Gasteiger partial charge in [-0.05, 0) is 184 Å². The van der Waals surface area contributed by atoms with Gasteiger partial charge in [0.05, 0.1) is 93.8 Å². The van der Waals surface area contributed by atoms with Gasteiger partial charge in [0.1, 0.15) is 66.1 Å². The van der Waals surface area contributed by atoms with Gasteiger partial charge in [-0.3, -0.25) is 9.59 Å². The van der Waals surface area contributed by atoms with Crippen LogP contribution in [0.3, 0.4) is 0 Å². The molecule has 0 bridgehead atoms. The second-order valence-corrected chi connectivity index (χ2v) is 44.8. The third kappa shape index (κ3) is 18.2. The lowest BCUT2D eigenvalue weighted by Crippen LogP contribution is -2.69. The Bertz CT molecular complexity index is 4560. The summed E-state index contributed by atoms with van der Waals surface area (Å²) in [6, 6.07) is 28.8. The highest BCUT2D eigenvalue weighted by Gasteiger charge is 2.74. The summed E-state index contributed by atoms with van der Waals surface area (Å²) >= 11 is 0. The summed E-state index contributed by atoms with van der Waals surface area (Å²) < 4.78 is 147. The quantitative estimate of drug-likeness (QED) is 0.0124. The lowest BCUT2D eigenvalue weighted by molar-refractivity contribution is -0.374. The molecule has 0 N–H and O–H groups in total. The standard InChI is InChI=1S/C106H153N3O24/c1-23-73-60(6)59(5)62(8)92(120-73)128-87-83(125-90-61(7)58(4)57(3)50-116-90)64(10)81(66(12)111)123-95(87)122-78-43-44-101(18)76(102(78,19)55-110)42-45-103(20)77(101)41-40-71-72-48-99(14,15)46-47-106(72,79(113-22)49-104(71,103)21)98(112)130-94-84(63(9)80(108-109-107)74(121-94)53-114-51-68-34-28-25-29-35-68)126-96-88-86(131-100(16,17)132-88)85(67(13)119-96)127-91-65(11)82(75(54-117-91)115-52-69-36-30-26-31-37-69)124-97-89-105(24-2,56-118-97)133-93(129-89)70-38-32-27-33-39-70/h25-40,55,57-65,67,72-97H,23-24,41-54,56H2,1-22H3/t57-,58+,59+,60-,61?,62?,63?,64-,65?,67?,72?,73?,74?,75-,76-,77?,78+,79?,80-,81?,82?,83+,84?,85+,86?,87?,88?,89-,90+,91+,92+,93+,94+,95-,96+,97+,101?,102-,103+,104-,105?,106-/m1/s1. The minimum absolute atomic E-state index is 0.00279. The van der Waals surface area contributed by atoms with E-state index in [4.69, 9.17) is 99.5 Å². The van der Waals surface area contributed by atoms with Crippen LogP contribution in [0.2, 0.25) is 0 Å². The molecule has 4 saturated carbocycles. The number of allylic oxidation sites excluding steroid dienone is 2. The molecule has 14 aliphatic rings. The molecule has 27 nitrogen and oxygen atoms in total. The van der Waals surface area contributed by atoms with E-state index >= 15 is 4.79 Å². The van der Waals surface area contributed by atoms with Crippen molar-refractivity contribution in [3.05, 3.63) is 130 Å². The molecule has 736 valence electrons. The number of aldehydes is 1. The van der Waals surface area contributed by atoms with Gasteiger partial charge in [0.25, 0.3) is 0 Å². The van der Waals surface area contributed by atoms with E-state index in [1.807, 2.05) is 133 Å². The predicted octanol–water partition coefficient (Wildman–Crippen LogP) is 18.4. The van der Waals surface area contributed by atoms with E-state index in [1.54, 1.807) is 14.0 Å². The lowest BCUT2D eigenvalue weighted by Gasteiger charge is -2.71. The zero-order valence-corrected chi connectivity index (χ0v) is 82.8. The van der Waals surface area contributed by atoms with Crippen molar-refractivity contribution in [2.24, 2.45) is 109 Å². The van der Waals surface area contributed by atoms with Crippen molar-refractivity contribution in [3.8, 4) is 0 Å². The molecule has 5 aliphatic carbocycles. The fourth-order valence-corrected chi connectivity index (χ4v) is 27.3. The first-order valence-electron chi connectivity index (χ1n) is 50.3. The molecule has 0 amide bonds. The Labute approximate surface area is 788 Å². The van der Waals surface area contributed by atoms with Crippen LogP contribution in [0.1, 0.15) is 239 Å². The van der Waals surface area contributed by atoms with E-state index in [1.165, 1.54) is 5.57 Å². The average molecular weight is 1850 g/mol. The van der Waals surface area contributed by atoms with Gasteiger partial charge in [-0.25, -0.2) is 0 Å². The zero-order chi connectivity index (χ0) is 94.6. The largest absolute Gasteiger partial charge is 0.432 e. The first-order valence-corrected chi connectivity index (χ1v) is 50.3. The highest BCUT2D eigenvalue weighted by atomic mass is 16.8. The number of azide groups is 1. The number of benzene rings is 3. The topological polar surface area (TPSA) is 294 Å². The van der Waals surface area contributed by atoms with Gasteiger partial charge in [0, 0.05) is 41.3 Å². The molecule has 3 aromatic rings. The monoisotopic (exact) mass is 1850 g/mol. The van der Waals surface area contributed by atoms with Crippen LogP contribution < -0.4 is 0 Å². The lowest BCUT2D eigenvalue weighted by atomic mass is 9.33. The number of hydrogen-bond donors (Lipinski definition) is 0. The maximum atomic E-state index is 17.1. The molecular weight excluding hydrogens is 1700 g/mol. The number of carbonyl (C=O) groups is 3. The van der Waals surface area contributed by atoms with Crippen LogP contribution in [0, 0.1) is 104 Å². The molecule has 133 heavy (non-hydrogen) atoms. The number of fused-ring (bicyclic) bond motifs is 9. The number of rotatable bonds is 28. The Morgan fingerprint density at radius 1 is 0.564 bits per heavy atom. The van der Waals surface area contributed by atoms with Crippen LogP contribution >= 0.6 is 0 Å². The van der Waals surface area contributed by atoms with Crippen molar-refractivity contribution >= 4 is 18.0 Å². The summed E-state index contributed by atoms with van der Waals surface area (Å²) in [5.74, 6) is -2.61. The summed E-state index contributed by atoms with van der Waals surface area (Å²) in [4.78, 5) is 49.4. The smallest absolute Gasteiger partial charge is 0.317 e. The molecule has 9 saturated heterocycles. The molecule has 3 aromatic carbocycles. The van der Waals surface area contributed by atoms with Crippen LogP contribution in [0.4, 0.5) is 0 Å². The van der Waals surface area contributed by atoms with E-state index in [-0.39, 0.29) is 90.1 Å². The molecule has 18 unspecified atom stereocenters. The third-order valence-corrected chi connectivity index (χ3v) is 36.3. The third-order valence-electron chi connectivity index (χ3n) is 36.3. The second-order valence-electron chi connectivity index (χ2n) is 44.8. The van der Waals surface area contributed by atoms with Crippen molar-refractivity contribution in [2.45, 2.75) is 389 Å². The average Bonchev–Trinajstić information content (AvgIpc) is 1.66. The Kier molecular flexibility index (Phi) is 29.3. The molecule has 0 spiro atoms. The summed E-state index contributed by atoms with van der Waals surface area (Å²) in [6.07, 6.45) is -7.30. The van der Waals surface area contributed by atoms with Gasteiger partial charge in [0.15, 0.2) is 55.6 Å². The van der Waals surface area contributed by atoms with Crippen molar-refractivity contribution in [1.82, 2.24) is 0 Å². The molecule has 27 heteroatoms. The van der Waals surface area contributed by atoms with Crippen molar-refractivity contribution < 1.29 is 114 Å².